The van der Waals surface area contributed by atoms with Crippen LogP contribution in [0.15, 0.2) is 30.6 Å². The van der Waals surface area contributed by atoms with Crippen molar-refractivity contribution in [2.45, 2.75) is 32.7 Å². The van der Waals surface area contributed by atoms with Crippen molar-refractivity contribution in [2.75, 3.05) is 5.32 Å². The zero-order valence-corrected chi connectivity index (χ0v) is 11.3. The van der Waals surface area contributed by atoms with E-state index in [4.69, 9.17) is 0 Å². The Kier molecular flexibility index (Phi) is 3.74. The standard InChI is InChI=1S/C14H17FN4.H2/c1-14(2,3)10-7-16-13(17-8-10)18-9-11-5-4-6-12(15)19-11;/h4-8H,9H2,1-3H3,(H,16,17,18);1H. The van der Waals surface area contributed by atoms with E-state index in [1.165, 1.54) is 6.07 Å². The quantitative estimate of drug-likeness (QED) is 0.863. The van der Waals surface area contributed by atoms with Crippen molar-refractivity contribution >= 4 is 5.95 Å². The molecule has 19 heavy (non-hydrogen) atoms. The average molecular weight is 262 g/mol. The molecule has 0 saturated heterocycles. The first-order valence-corrected chi connectivity index (χ1v) is 6.13. The maximum atomic E-state index is 12.9. The number of anilines is 1. The number of halogens is 1. The lowest BCUT2D eigenvalue weighted by Crippen LogP contribution is -2.13. The zero-order chi connectivity index (χ0) is 13.9. The molecule has 0 fully saturated rings. The molecule has 0 unspecified atom stereocenters. The second-order valence-corrected chi connectivity index (χ2v) is 5.35. The summed E-state index contributed by atoms with van der Waals surface area (Å²) in [5.74, 6) is 0.0300. The highest BCUT2D eigenvalue weighted by atomic mass is 19.1. The second-order valence-electron chi connectivity index (χ2n) is 5.35. The highest BCUT2D eigenvalue weighted by Crippen LogP contribution is 2.20. The third-order valence-electron chi connectivity index (χ3n) is 2.72. The first kappa shape index (κ1) is 13.4. The van der Waals surface area contributed by atoms with E-state index in [9.17, 15) is 4.39 Å². The van der Waals surface area contributed by atoms with Crippen LogP contribution in [-0.2, 0) is 12.0 Å². The summed E-state index contributed by atoms with van der Waals surface area (Å²) in [5, 5.41) is 3.02. The molecule has 0 bridgehead atoms. The molecule has 0 aromatic carbocycles. The lowest BCUT2D eigenvalue weighted by molar-refractivity contribution is 0.577. The molecule has 4 nitrogen and oxygen atoms in total. The lowest BCUT2D eigenvalue weighted by atomic mass is 9.89. The van der Waals surface area contributed by atoms with Crippen molar-refractivity contribution in [1.29, 1.82) is 0 Å². The van der Waals surface area contributed by atoms with Crippen LogP contribution in [0.25, 0.3) is 0 Å². The van der Waals surface area contributed by atoms with E-state index in [1.807, 2.05) is 0 Å². The summed E-state index contributed by atoms with van der Waals surface area (Å²) >= 11 is 0. The van der Waals surface area contributed by atoms with Gasteiger partial charge in [0.1, 0.15) is 0 Å². The SMILES string of the molecule is CC(C)(C)c1cnc(NCc2cccc(F)n2)nc1.[HH]. The van der Waals surface area contributed by atoms with Gasteiger partial charge in [-0.1, -0.05) is 26.8 Å². The molecular formula is C14H19FN4. The molecule has 0 aliphatic heterocycles. The predicted octanol–water partition coefficient (Wildman–Crippen LogP) is 3.17. The van der Waals surface area contributed by atoms with Crippen LogP contribution in [0.2, 0.25) is 0 Å². The van der Waals surface area contributed by atoms with Crippen LogP contribution < -0.4 is 5.32 Å². The van der Waals surface area contributed by atoms with E-state index in [0.717, 1.165) is 5.56 Å². The van der Waals surface area contributed by atoms with Gasteiger partial charge in [-0.25, -0.2) is 15.0 Å². The molecule has 2 aromatic heterocycles. The number of hydrogen-bond donors (Lipinski definition) is 1. The molecule has 0 amide bonds. The maximum Gasteiger partial charge on any atom is 0.222 e. The smallest absolute Gasteiger partial charge is 0.222 e. The van der Waals surface area contributed by atoms with Gasteiger partial charge in [0.2, 0.25) is 11.9 Å². The fraction of sp³-hybridized carbons (Fsp3) is 0.357. The third kappa shape index (κ3) is 3.71. The molecule has 0 radical (unpaired) electrons. The summed E-state index contributed by atoms with van der Waals surface area (Å²) in [6.07, 6.45) is 3.60. The van der Waals surface area contributed by atoms with E-state index >= 15 is 0 Å². The number of rotatable bonds is 3. The lowest BCUT2D eigenvalue weighted by Gasteiger charge is -2.17. The summed E-state index contributed by atoms with van der Waals surface area (Å²) in [4.78, 5) is 12.2. The fourth-order valence-corrected chi connectivity index (χ4v) is 1.53. The van der Waals surface area contributed by atoms with Gasteiger partial charge < -0.3 is 5.32 Å². The van der Waals surface area contributed by atoms with Crippen LogP contribution in [0.5, 0.6) is 0 Å². The fourth-order valence-electron chi connectivity index (χ4n) is 1.53. The molecule has 2 rings (SSSR count). The minimum atomic E-state index is -0.483. The topological polar surface area (TPSA) is 50.7 Å². The third-order valence-corrected chi connectivity index (χ3v) is 2.72. The Morgan fingerprint density at radius 1 is 1.21 bits per heavy atom. The molecule has 0 aliphatic rings. The van der Waals surface area contributed by atoms with Crippen LogP contribution >= 0.6 is 0 Å². The zero-order valence-electron chi connectivity index (χ0n) is 11.3. The van der Waals surface area contributed by atoms with Gasteiger partial charge in [0, 0.05) is 13.8 Å². The summed E-state index contributed by atoms with van der Waals surface area (Å²) in [6.45, 7) is 6.72. The molecule has 5 heteroatoms. The molecule has 0 aliphatic carbocycles. The van der Waals surface area contributed by atoms with Crippen molar-refractivity contribution < 1.29 is 5.82 Å². The van der Waals surface area contributed by atoms with Crippen LogP contribution in [-0.4, -0.2) is 15.0 Å². The van der Waals surface area contributed by atoms with Crippen LogP contribution in [0.4, 0.5) is 10.3 Å². The van der Waals surface area contributed by atoms with Crippen molar-refractivity contribution in [1.82, 2.24) is 15.0 Å². The van der Waals surface area contributed by atoms with E-state index in [0.29, 0.717) is 18.2 Å². The molecule has 2 heterocycles. The van der Waals surface area contributed by atoms with E-state index in [-0.39, 0.29) is 6.84 Å². The van der Waals surface area contributed by atoms with Gasteiger partial charge in [-0.05, 0) is 23.1 Å². The van der Waals surface area contributed by atoms with Gasteiger partial charge in [-0.3, -0.25) is 0 Å². The van der Waals surface area contributed by atoms with Crippen LogP contribution in [0.3, 0.4) is 0 Å². The largest absolute Gasteiger partial charge is 0.349 e. The number of nitrogens with zero attached hydrogens (tertiary/aromatic N) is 3. The Morgan fingerprint density at radius 3 is 2.47 bits per heavy atom. The van der Waals surface area contributed by atoms with E-state index < -0.39 is 5.95 Å². The molecule has 2 aromatic rings. The monoisotopic (exact) mass is 262 g/mol. The highest BCUT2D eigenvalue weighted by Gasteiger charge is 2.14. The van der Waals surface area contributed by atoms with Crippen LogP contribution in [0.1, 0.15) is 33.5 Å². The van der Waals surface area contributed by atoms with Gasteiger partial charge in [-0.15, -0.1) is 0 Å². The maximum absolute atomic E-state index is 12.9. The Bertz CT molecular complexity index is 552. The summed E-state index contributed by atoms with van der Waals surface area (Å²) in [5.41, 5.74) is 1.72. The van der Waals surface area contributed by atoms with Gasteiger partial charge in [-0.2, -0.15) is 4.39 Å². The molecule has 0 spiro atoms. The molecule has 0 atom stereocenters. The highest BCUT2D eigenvalue weighted by molar-refractivity contribution is 5.28. The Morgan fingerprint density at radius 2 is 1.89 bits per heavy atom. The summed E-state index contributed by atoms with van der Waals surface area (Å²) in [7, 11) is 0. The van der Waals surface area contributed by atoms with Gasteiger partial charge in [0.15, 0.2) is 0 Å². The van der Waals surface area contributed by atoms with Crippen molar-refractivity contribution in [3.05, 3.63) is 47.8 Å². The second kappa shape index (κ2) is 5.30. The minimum Gasteiger partial charge on any atom is -0.349 e. The van der Waals surface area contributed by atoms with Crippen LogP contribution in [0, 0.1) is 5.95 Å². The van der Waals surface area contributed by atoms with E-state index in [1.54, 1.807) is 24.5 Å². The Labute approximate surface area is 113 Å². The van der Waals surface area contributed by atoms with Gasteiger partial charge in [0.25, 0.3) is 0 Å². The average Bonchev–Trinajstić information content (AvgIpc) is 2.36. The van der Waals surface area contributed by atoms with Crippen molar-refractivity contribution in [3.8, 4) is 0 Å². The first-order chi connectivity index (χ1) is 8.95. The Balaban J connectivity index is 0.00000200. The normalized spacial score (nSPS) is 11.4. The predicted molar refractivity (Wildman–Crippen MR) is 74.4 cm³/mol. The van der Waals surface area contributed by atoms with E-state index in [2.05, 4.69) is 41.0 Å². The van der Waals surface area contributed by atoms with Crippen molar-refractivity contribution in [3.63, 3.8) is 0 Å². The minimum absolute atomic E-state index is 0. The molecule has 0 saturated carbocycles. The molecule has 1 N–H and O–H groups in total. The summed E-state index contributed by atoms with van der Waals surface area (Å²) < 4.78 is 12.9. The van der Waals surface area contributed by atoms with Gasteiger partial charge >= 0.3 is 0 Å². The molecule has 102 valence electrons. The van der Waals surface area contributed by atoms with Crippen molar-refractivity contribution in [2.24, 2.45) is 0 Å². The summed E-state index contributed by atoms with van der Waals surface area (Å²) in [6, 6.07) is 4.70. The number of pyridine rings is 1. The first-order valence-electron chi connectivity index (χ1n) is 6.13. The number of nitrogens with one attached hydrogen (secondary N) is 1. The Hall–Kier alpha value is -2.04. The number of aromatic nitrogens is 3. The number of hydrogen-bond acceptors (Lipinski definition) is 4. The molecular weight excluding hydrogens is 243 g/mol. The van der Waals surface area contributed by atoms with Gasteiger partial charge in [0.05, 0.1) is 12.2 Å².